The highest BCUT2D eigenvalue weighted by molar-refractivity contribution is 7.92. The fourth-order valence-electron chi connectivity index (χ4n) is 3.25. The zero-order chi connectivity index (χ0) is 19.7. The van der Waals surface area contributed by atoms with E-state index in [0.717, 1.165) is 24.1 Å². The number of piperidine rings is 1. The number of nitrogens with zero attached hydrogens (tertiary/aromatic N) is 1. The minimum atomic E-state index is -3.64. The van der Waals surface area contributed by atoms with E-state index in [9.17, 15) is 21.2 Å². The summed E-state index contributed by atoms with van der Waals surface area (Å²) in [6.07, 6.45) is 1.25. The van der Waals surface area contributed by atoms with Gasteiger partial charge in [0.2, 0.25) is 10.0 Å². The van der Waals surface area contributed by atoms with Gasteiger partial charge >= 0.3 is 0 Å². The van der Waals surface area contributed by atoms with E-state index in [1.165, 1.54) is 16.4 Å². The molecule has 0 unspecified atom stereocenters. The summed E-state index contributed by atoms with van der Waals surface area (Å²) in [5, 5.41) is -0.670. The number of hydrogen-bond donors (Lipinski definition) is 0. The maximum absolute atomic E-state index is 13.0. The third kappa shape index (κ3) is 4.07. The van der Waals surface area contributed by atoms with Crippen LogP contribution in [0.25, 0.3) is 0 Å². The zero-order valence-electron chi connectivity index (χ0n) is 15.0. The lowest BCUT2D eigenvalue weighted by Crippen LogP contribution is -2.42. The Balaban J connectivity index is 1.73. The zero-order valence-corrected chi connectivity index (χ0v) is 16.6. The summed E-state index contributed by atoms with van der Waals surface area (Å²) in [5.74, 6) is -0.496. The molecule has 0 aromatic heterocycles. The van der Waals surface area contributed by atoms with Gasteiger partial charge in [-0.05, 0) is 61.2 Å². The van der Waals surface area contributed by atoms with Gasteiger partial charge in [-0.2, -0.15) is 4.31 Å². The monoisotopic (exact) mass is 411 g/mol. The topological polar surface area (TPSA) is 71.5 Å². The van der Waals surface area contributed by atoms with E-state index >= 15 is 0 Å². The van der Waals surface area contributed by atoms with Crippen LogP contribution in [-0.4, -0.2) is 39.5 Å². The van der Waals surface area contributed by atoms with E-state index in [1.807, 2.05) is 6.92 Å². The lowest BCUT2D eigenvalue weighted by atomic mass is 10.2. The van der Waals surface area contributed by atoms with Gasteiger partial charge in [0.25, 0.3) is 0 Å². The molecule has 8 heteroatoms. The van der Waals surface area contributed by atoms with Crippen LogP contribution in [0.3, 0.4) is 0 Å². The molecule has 146 valence electrons. The summed E-state index contributed by atoms with van der Waals surface area (Å²) in [6.45, 7) is 2.28. The number of sulfone groups is 1. The Morgan fingerprint density at radius 1 is 0.889 bits per heavy atom. The van der Waals surface area contributed by atoms with Crippen LogP contribution >= 0.6 is 0 Å². The number of sulfonamides is 1. The molecule has 27 heavy (non-hydrogen) atoms. The number of aryl methyl sites for hydroxylation is 1. The summed E-state index contributed by atoms with van der Waals surface area (Å²) in [5.41, 5.74) is 1.05. The van der Waals surface area contributed by atoms with Gasteiger partial charge in [0.05, 0.1) is 15.0 Å². The van der Waals surface area contributed by atoms with E-state index in [2.05, 4.69) is 0 Å². The Labute approximate surface area is 159 Å². The van der Waals surface area contributed by atoms with Gasteiger partial charge in [-0.3, -0.25) is 0 Å². The molecule has 0 aliphatic carbocycles. The standard InChI is InChI=1S/C19H22FNO4S2/c1-2-15-3-7-19(8-4-15)27(24,25)21-13-11-18(12-14-21)26(22,23)17-9-5-16(20)6-10-17/h3-10,18H,2,11-14H2,1H3. The van der Waals surface area contributed by atoms with Crippen molar-refractivity contribution in [2.45, 2.75) is 41.2 Å². The minimum Gasteiger partial charge on any atom is -0.223 e. The van der Waals surface area contributed by atoms with Gasteiger partial charge in [0, 0.05) is 13.1 Å². The lowest BCUT2D eigenvalue weighted by molar-refractivity contribution is 0.345. The van der Waals surface area contributed by atoms with E-state index in [0.29, 0.717) is 0 Å². The first-order valence-electron chi connectivity index (χ1n) is 8.83. The summed E-state index contributed by atoms with van der Waals surface area (Å²) >= 11 is 0. The second-order valence-electron chi connectivity index (χ2n) is 6.60. The van der Waals surface area contributed by atoms with Crippen molar-refractivity contribution in [3.8, 4) is 0 Å². The predicted molar refractivity (Wildman–Crippen MR) is 101 cm³/mol. The molecule has 1 aliphatic rings. The Morgan fingerprint density at radius 3 is 1.93 bits per heavy atom. The van der Waals surface area contributed by atoms with E-state index in [1.54, 1.807) is 24.3 Å². The molecular weight excluding hydrogens is 389 g/mol. The predicted octanol–water partition coefficient (Wildman–Crippen LogP) is 3.02. The second-order valence-corrected chi connectivity index (χ2v) is 10.8. The molecule has 5 nitrogen and oxygen atoms in total. The number of benzene rings is 2. The fourth-order valence-corrected chi connectivity index (χ4v) is 6.45. The van der Waals surface area contributed by atoms with Gasteiger partial charge in [-0.1, -0.05) is 19.1 Å². The molecule has 0 spiro atoms. The average Bonchev–Trinajstić information content (AvgIpc) is 2.68. The molecule has 1 fully saturated rings. The molecule has 1 heterocycles. The van der Waals surface area contributed by atoms with Crippen LogP contribution in [0.15, 0.2) is 58.3 Å². The highest BCUT2D eigenvalue weighted by atomic mass is 32.2. The fraction of sp³-hybridized carbons (Fsp3) is 0.368. The quantitative estimate of drug-likeness (QED) is 0.709. The van der Waals surface area contributed by atoms with Crippen molar-refractivity contribution >= 4 is 19.9 Å². The van der Waals surface area contributed by atoms with Gasteiger partial charge in [-0.25, -0.2) is 21.2 Å². The SMILES string of the molecule is CCc1ccc(S(=O)(=O)N2CCC(S(=O)(=O)c3ccc(F)cc3)CC2)cc1. The lowest BCUT2D eigenvalue weighted by Gasteiger charge is -2.31. The smallest absolute Gasteiger partial charge is 0.223 e. The maximum atomic E-state index is 13.0. The Hall–Kier alpha value is -1.77. The van der Waals surface area contributed by atoms with Crippen LogP contribution in [0.5, 0.6) is 0 Å². The molecule has 0 radical (unpaired) electrons. The number of hydrogen-bond acceptors (Lipinski definition) is 4. The molecule has 2 aromatic carbocycles. The summed E-state index contributed by atoms with van der Waals surface area (Å²) in [6, 6.07) is 11.5. The van der Waals surface area contributed by atoms with Crippen molar-refractivity contribution in [3.05, 3.63) is 59.9 Å². The molecule has 1 saturated heterocycles. The number of halogens is 1. The van der Waals surface area contributed by atoms with Crippen LogP contribution in [0.2, 0.25) is 0 Å². The van der Waals surface area contributed by atoms with Crippen molar-refractivity contribution in [3.63, 3.8) is 0 Å². The molecule has 0 bridgehead atoms. The maximum Gasteiger partial charge on any atom is 0.243 e. The van der Waals surface area contributed by atoms with Gasteiger partial charge in [0.1, 0.15) is 5.82 Å². The summed E-state index contributed by atoms with van der Waals surface area (Å²) in [4.78, 5) is 0.292. The van der Waals surface area contributed by atoms with Crippen molar-refractivity contribution < 1.29 is 21.2 Å². The second kappa shape index (κ2) is 7.69. The molecule has 3 rings (SSSR count). The molecule has 0 N–H and O–H groups in total. The first-order chi connectivity index (χ1) is 12.7. The minimum absolute atomic E-state index is 0.0698. The highest BCUT2D eigenvalue weighted by Crippen LogP contribution is 2.28. The van der Waals surface area contributed by atoms with Crippen molar-refractivity contribution in [2.75, 3.05) is 13.1 Å². The van der Waals surface area contributed by atoms with Crippen LogP contribution < -0.4 is 0 Å². The molecule has 0 amide bonds. The Bertz CT molecular complexity index is 993. The van der Waals surface area contributed by atoms with Crippen LogP contribution in [0.1, 0.15) is 25.3 Å². The van der Waals surface area contributed by atoms with Crippen molar-refractivity contribution in [1.82, 2.24) is 4.31 Å². The van der Waals surface area contributed by atoms with E-state index in [4.69, 9.17) is 0 Å². The first-order valence-corrected chi connectivity index (χ1v) is 11.8. The summed E-state index contributed by atoms with van der Waals surface area (Å²) in [7, 11) is -7.25. The molecule has 1 aliphatic heterocycles. The molecule has 0 atom stereocenters. The normalized spacial score (nSPS) is 17.1. The van der Waals surface area contributed by atoms with E-state index < -0.39 is 30.9 Å². The number of rotatable bonds is 5. The van der Waals surface area contributed by atoms with Crippen molar-refractivity contribution in [2.24, 2.45) is 0 Å². The van der Waals surface area contributed by atoms with Crippen molar-refractivity contribution in [1.29, 1.82) is 0 Å². The molecule has 0 saturated carbocycles. The van der Waals surface area contributed by atoms with Crippen LogP contribution in [0, 0.1) is 5.82 Å². The van der Waals surface area contributed by atoms with Crippen LogP contribution in [-0.2, 0) is 26.3 Å². The molecule has 2 aromatic rings. The van der Waals surface area contributed by atoms with Crippen LogP contribution in [0.4, 0.5) is 4.39 Å². The summed E-state index contributed by atoms with van der Waals surface area (Å²) < 4.78 is 65.4. The van der Waals surface area contributed by atoms with Gasteiger partial charge in [0.15, 0.2) is 9.84 Å². The third-order valence-electron chi connectivity index (χ3n) is 4.95. The first kappa shape index (κ1) is 20.0. The third-order valence-corrected chi connectivity index (χ3v) is 9.14. The average molecular weight is 412 g/mol. The largest absolute Gasteiger partial charge is 0.243 e. The Kier molecular flexibility index (Phi) is 5.69. The van der Waals surface area contributed by atoms with Gasteiger partial charge < -0.3 is 0 Å². The van der Waals surface area contributed by atoms with Gasteiger partial charge in [-0.15, -0.1) is 0 Å². The molecular formula is C19H22FNO4S2. The van der Waals surface area contributed by atoms with E-state index in [-0.39, 0.29) is 35.7 Å². The highest BCUT2D eigenvalue weighted by Gasteiger charge is 2.35. The Morgan fingerprint density at radius 2 is 1.41 bits per heavy atom.